The second-order valence-electron chi connectivity index (χ2n) is 6.62. The molecule has 1 fully saturated rings. The number of carbonyl (C=O) groups is 3. The fourth-order valence-corrected chi connectivity index (χ4v) is 2.38. The highest BCUT2D eigenvalue weighted by Gasteiger charge is 2.41. The van der Waals surface area contributed by atoms with Gasteiger partial charge < -0.3 is 21.1 Å². The van der Waals surface area contributed by atoms with Gasteiger partial charge in [-0.2, -0.15) is 0 Å². The summed E-state index contributed by atoms with van der Waals surface area (Å²) in [6.45, 7) is 7.40. The molecule has 1 aliphatic heterocycles. The van der Waals surface area contributed by atoms with Crippen LogP contribution in [-0.4, -0.2) is 52.5 Å². The molecule has 0 aromatic heterocycles. The molecule has 0 radical (unpaired) electrons. The van der Waals surface area contributed by atoms with Crippen molar-refractivity contribution in [3.05, 3.63) is 0 Å². The highest BCUT2D eigenvalue weighted by atomic mass is 16.4. The maximum Gasteiger partial charge on any atom is 0.326 e. The van der Waals surface area contributed by atoms with Gasteiger partial charge in [0.15, 0.2) is 0 Å². The van der Waals surface area contributed by atoms with E-state index in [1.54, 1.807) is 0 Å². The summed E-state index contributed by atoms with van der Waals surface area (Å²) in [4.78, 5) is 37.0. The molecule has 1 rings (SSSR count). The fraction of sp³-hybridized carbons (Fsp3) is 0.786. The molecule has 0 aromatic rings. The van der Waals surface area contributed by atoms with Crippen LogP contribution < -0.4 is 11.1 Å². The second kappa shape index (κ2) is 6.43. The molecular weight excluding hydrogens is 274 g/mol. The second-order valence-corrected chi connectivity index (χ2v) is 6.62. The third-order valence-electron chi connectivity index (χ3n) is 3.63. The molecule has 3 unspecified atom stereocenters. The molecule has 0 spiro atoms. The first-order chi connectivity index (χ1) is 9.55. The Morgan fingerprint density at radius 2 is 1.90 bits per heavy atom. The van der Waals surface area contributed by atoms with Crippen molar-refractivity contribution in [3.8, 4) is 0 Å². The maximum atomic E-state index is 12.7. The molecule has 1 aliphatic rings. The van der Waals surface area contributed by atoms with Crippen molar-refractivity contribution >= 4 is 17.8 Å². The van der Waals surface area contributed by atoms with Crippen LogP contribution in [0.1, 0.15) is 40.5 Å². The van der Waals surface area contributed by atoms with Crippen LogP contribution in [0.2, 0.25) is 0 Å². The highest BCUT2D eigenvalue weighted by Crippen LogP contribution is 2.25. The number of nitrogens with zero attached hydrogens (tertiary/aromatic N) is 1. The highest BCUT2D eigenvalue weighted by molar-refractivity contribution is 5.92. The minimum Gasteiger partial charge on any atom is -0.480 e. The van der Waals surface area contributed by atoms with E-state index in [4.69, 9.17) is 5.73 Å². The summed E-state index contributed by atoms with van der Waals surface area (Å²) in [5.74, 6) is -1.79. The van der Waals surface area contributed by atoms with Crippen molar-refractivity contribution in [2.45, 2.75) is 58.7 Å². The number of carboxylic acid groups (broad SMARTS) is 1. The van der Waals surface area contributed by atoms with E-state index in [0.29, 0.717) is 19.4 Å². The first-order valence-corrected chi connectivity index (χ1v) is 7.15. The van der Waals surface area contributed by atoms with E-state index in [1.165, 1.54) is 11.8 Å². The zero-order valence-electron chi connectivity index (χ0n) is 13.0. The first kappa shape index (κ1) is 17.4. The standard InChI is InChI=1S/C14H25N3O4/c1-8(15)11(18)16-10(14(2,3)4)12(19)17-7-5-6-9(17)13(20)21/h8-10H,5-7,15H2,1-4H3,(H,16,18)(H,20,21). The zero-order valence-corrected chi connectivity index (χ0v) is 13.0. The van der Waals surface area contributed by atoms with Gasteiger partial charge in [0.05, 0.1) is 6.04 Å². The van der Waals surface area contributed by atoms with Crippen molar-refractivity contribution in [3.63, 3.8) is 0 Å². The van der Waals surface area contributed by atoms with E-state index >= 15 is 0 Å². The Labute approximate surface area is 124 Å². The van der Waals surface area contributed by atoms with Crippen LogP contribution in [0.25, 0.3) is 0 Å². The van der Waals surface area contributed by atoms with Gasteiger partial charge in [0, 0.05) is 6.54 Å². The van der Waals surface area contributed by atoms with E-state index < -0.39 is 35.4 Å². The smallest absolute Gasteiger partial charge is 0.326 e. The Balaban J connectivity index is 2.95. The number of aliphatic carboxylic acids is 1. The summed E-state index contributed by atoms with van der Waals surface area (Å²) >= 11 is 0. The van der Waals surface area contributed by atoms with E-state index in [2.05, 4.69) is 5.32 Å². The van der Waals surface area contributed by atoms with Gasteiger partial charge >= 0.3 is 5.97 Å². The van der Waals surface area contributed by atoms with Gasteiger partial charge in [-0.15, -0.1) is 0 Å². The van der Waals surface area contributed by atoms with E-state index in [-0.39, 0.29) is 5.91 Å². The number of carbonyl (C=O) groups excluding carboxylic acids is 2. The number of nitrogens with two attached hydrogens (primary N) is 1. The van der Waals surface area contributed by atoms with Gasteiger partial charge in [-0.25, -0.2) is 4.79 Å². The summed E-state index contributed by atoms with van der Waals surface area (Å²) in [5.41, 5.74) is 4.99. The third-order valence-corrected chi connectivity index (χ3v) is 3.63. The predicted molar refractivity (Wildman–Crippen MR) is 77.4 cm³/mol. The van der Waals surface area contributed by atoms with Crippen molar-refractivity contribution < 1.29 is 19.5 Å². The van der Waals surface area contributed by atoms with Crippen LogP contribution in [-0.2, 0) is 14.4 Å². The normalized spacial score (nSPS) is 21.8. The van der Waals surface area contributed by atoms with E-state index in [0.717, 1.165) is 0 Å². The number of nitrogens with one attached hydrogen (secondary N) is 1. The molecule has 0 aliphatic carbocycles. The third kappa shape index (κ3) is 4.17. The zero-order chi connectivity index (χ0) is 16.4. The Hall–Kier alpha value is -1.63. The van der Waals surface area contributed by atoms with Gasteiger partial charge in [0.1, 0.15) is 12.1 Å². The van der Waals surface area contributed by atoms with Crippen LogP contribution in [0.15, 0.2) is 0 Å². The largest absolute Gasteiger partial charge is 0.480 e. The molecule has 0 saturated carbocycles. The lowest BCUT2D eigenvalue weighted by molar-refractivity contribution is -0.150. The number of rotatable bonds is 4. The summed E-state index contributed by atoms with van der Waals surface area (Å²) in [7, 11) is 0. The quantitative estimate of drug-likeness (QED) is 0.673. The number of likely N-dealkylation sites (tertiary alicyclic amines) is 1. The minimum atomic E-state index is -1.01. The number of amides is 2. The SMILES string of the molecule is CC(N)C(=O)NC(C(=O)N1CCCC1C(=O)O)C(C)(C)C. The lowest BCUT2D eigenvalue weighted by atomic mass is 9.85. The lowest BCUT2D eigenvalue weighted by Gasteiger charge is -2.35. The summed E-state index contributed by atoms with van der Waals surface area (Å²) in [6.07, 6.45) is 1.10. The van der Waals surface area contributed by atoms with Crippen LogP contribution in [0.5, 0.6) is 0 Å². The molecule has 0 aromatic carbocycles. The van der Waals surface area contributed by atoms with Crippen molar-refractivity contribution in [2.75, 3.05) is 6.54 Å². The Bertz CT molecular complexity index is 428. The predicted octanol–water partition coefficient (Wildman–Crippen LogP) is -0.0599. The number of hydrogen-bond acceptors (Lipinski definition) is 4. The van der Waals surface area contributed by atoms with Gasteiger partial charge in [0.2, 0.25) is 11.8 Å². The molecule has 1 saturated heterocycles. The monoisotopic (exact) mass is 299 g/mol. The number of carboxylic acids is 1. The Morgan fingerprint density at radius 3 is 2.33 bits per heavy atom. The summed E-state index contributed by atoms with van der Waals surface area (Å²) < 4.78 is 0. The molecule has 21 heavy (non-hydrogen) atoms. The van der Waals surface area contributed by atoms with Crippen LogP contribution in [0.3, 0.4) is 0 Å². The van der Waals surface area contributed by atoms with Crippen LogP contribution in [0.4, 0.5) is 0 Å². The van der Waals surface area contributed by atoms with E-state index in [9.17, 15) is 19.5 Å². The minimum absolute atomic E-state index is 0.360. The van der Waals surface area contributed by atoms with Crippen molar-refractivity contribution in [1.29, 1.82) is 0 Å². The summed E-state index contributed by atoms with van der Waals surface area (Å²) in [5, 5.41) is 11.8. The molecule has 4 N–H and O–H groups in total. The lowest BCUT2D eigenvalue weighted by Crippen LogP contribution is -2.58. The molecule has 2 amide bonds. The topological polar surface area (TPSA) is 113 Å². The van der Waals surface area contributed by atoms with E-state index in [1.807, 2.05) is 20.8 Å². The molecule has 1 heterocycles. The van der Waals surface area contributed by atoms with Gasteiger partial charge in [-0.1, -0.05) is 20.8 Å². The average Bonchev–Trinajstić information content (AvgIpc) is 2.82. The molecule has 120 valence electrons. The molecule has 7 nitrogen and oxygen atoms in total. The van der Waals surface area contributed by atoms with Gasteiger partial charge in [-0.3, -0.25) is 9.59 Å². The summed E-state index contributed by atoms with van der Waals surface area (Å²) in [6, 6.07) is -2.33. The molecular formula is C14H25N3O4. The molecule has 0 bridgehead atoms. The van der Waals surface area contributed by atoms with Gasteiger partial charge in [-0.05, 0) is 25.2 Å². The number of hydrogen-bond donors (Lipinski definition) is 3. The van der Waals surface area contributed by atoms with Crippen LogP contribution in [0, 0.1) is 5.41 Å². The Morgan fingerprint density at radius 1 is 1.33 bits per heavy atom. The Kier molecular flexibility index (Phi) is 5.33. The van der Waals surface area contributed by atoms with Crippen molar-refractivity contribution in [1.82, 2.24) is 10.2 Å². The maximum absolute atomic E-state index is 12.7. The first-order valence-electron chi connectivity index (χ1n) is 7.15. The fourth-order valence-electron chi connectivity index (χ4n) is 2.38. The molecule has 3 atom stereocenters. The van der Waals surface area contributed by atoms with Crippen LogP contribution >= 0.6 is 0 Å². The van der Waals surface area contributed by atoms with Gasteiger partial charge in [0.25, 0.3) is 0 Å². The molecule has 7 heteroatoms. The van der Waals surface area contributed by atoms with Crippen molar-refractivity contribution in [2.24, 2.45) is 11.1 Å². The average molecular weight is 299 g/mol.